The fourth-order valence-electron chi connectivity index (χ4n) is 6.93. The summed E-state index contributed by atoms with van der Waals surface area (Å²) in [6.45, 7) is 9.96. The lowest BCUT2D eigenvalue weighted by molar-refractivity contribution is -0.384. The molecule has 3 aliphatic rings. The molecule has 1 heterocycles. The van der Waals surface area contributed by atoms with Crippen molar-refractivity contribution >= 4 is 33.2 Å². The molecule has 240 valence electrons. The minimum absolute atomic E-state index is 0.00949. The molecule has 0 fully saturated rings. The summed E-state index contributed by atoms with van der Waals surface area (Å²) in [5.41, 5.74) is 4.56. The third kappa shape index (κ3) is 6.72. The van der Waals surface area contributed by atoms with Crippen LogP contribution in [0.2, 0.25) is 0 Å². The van der Waals surface area contributed by atoms with E-state index in [2.05, 4.69) is 48.5 Å². The summed E-state index contributed by atoms with van der Waals surface area (Å²) in [5, 5.41) is 11.0. The van der Waals surface area contributed by atoms with Crippen molar-refractivity contribution in [2.45, 2.75) is 72.3 Å². The minimum Gasteiger partial charge on any atom is -0.493 e. The Kier molecular flexibility index (Phi) is 9.29. The third-order valence-electron chi connectivity index (χ3n) is 8.87. The van der Waals surface area contributed by atoms with Crippen molar-refractivity contribution in [3.05, 3.63) is 84.7 Å². The molecule has 1 aliphatic heterocycles. The number of carbonyl (C=O) groups is 2. The van der Waals surface area contributed by atoms with Gasteiger partial charge in [-0.2, -0.15) is 0 Å². The van der Waals surface area contributed by atoms with Crippen molar-refractivity contribution in [1.29, 1.82) is 0 Å². The zero-order chi connectivity index (χ0) is 32.7. The lowest BCUT2D eigenvalue weighted by Crippen LogP contribution is -2.44. The monoisotopic (exact) mass is 680 g/mol. The molecule has 9 nitrogen and oxygen atoms in total. The first-order valence-corrected chi connectivity index (χ1v) is 16.1. The number of nitro benzene ring substituents is 1. The van der Waals surface area contributed by atoms with Crippen LogP contribution in [0.5, 0.6) is 11.5 Å². The van der Waals surface area contributed by atoms with Gasteiger partial charge in [0.05, 0.1) is 16.5 Å². The second-order valence-corrected chi connectivity index (χ2v) is 14.6. The van der Waals surface area contributed by atoms with Crippen LogP contribution in [-0.4, -0.2) is 48.8 Å². The molecule has 2 aromatic rings. The molecular formula is C35H41BrN2O7. The van der Waals surface area contributed by atoms with E-state index in [1.807, 2.05) is 12.1 Å². The maximum Gasteiger partial charge on any atom is 0.269 e. The summed E-state index contributed by atoms with van der Waals surface area (Å²) in [5.74, 6) is 0.545. The molecule has 2 aliphatic carbocycles. The van der Waals surface area contributed by atoms with Gasteiger partial charge >= 0.3 is 0 Å². The van der Waals surface area contributed by atoms with Gasteiger partial charge in [0.15, 0.2) is 23.1 Å². The van der Waals surface area contributed by atoms with E-state index in [0.29, 0.717) is 53.1 Å². The Bertz CT molecular complexity index is 1540. The van der Waals surface area contributed by atoms with Gasteiger partial charge in [-0.3, -0.25) is 19.7 Å². The maximum absolute atomic E-state index is 14.1. The Balaban J connectivity index is 1.60. The molecule has 2 aromatic carbocycles. The molecule has 0 saturated carbocycles. The Labute approximate surface area is 272 Å². The number of Topliss-reactive ketones (excluding diaryl/α,β-unsaturated/α-hetero) is 2. The summed E-state index contributed by atoms with van der Waals surface area (Å²) in [4.78, 5) is 41.0. The number of carbonyl (C=O) groups excluding carboxylic acids is 2. The van der Waals surface area contributed by atoms with Crippen molar-refractivity contribution in [3.8, 4) is 11.5 Å². The fourth-order valence-corrected chi connectivity index (χ4v) is 7.51. The number of halogens is 1. The number of methoxy groups -OCH3 is 2. The number of allylic oxidation sites excluding steroid dienone is 4. The number of nitro groups is 1. The Morgan fingerprint density at radius 3 is 2.02 bits per heavy atom. The van der Waals surface area contributed by atoms with E-state index in [9.17, 15) is 19.7 Å². The number of non-ortho nitro benzene ring substituents is 1. The van der Waals surface area contributed by atoms with Gasteiger partial charge in [-0.05, 0) is 81.4 Å². The number of ether oxygens (including phenoxy) is 3. The van der Waals surface area contributed by atoms with Gasteiger partial charge in [-0.1, -0.05) is 27.7 Å². The molecular weight excluding hydrogens is 640 g/mol. The first kappa shape index (κ1) is 32.9. The molecule has 45 heavy (non-hydrogen) atoms. The normalized spacial score (nSPS) is 19.4. The second-order valence-electron chi connectivity index (χ2n) is 13.8. The van der Waals surface area contributed by atoms with Crippen molar-refractivity contribution in [2.75, 3.05) is 27.4 Å². The SMILES string of the molecule is COCCCN1C2=C(C(=O)CC(C)(C)C2)C(c2cc(Br)c(OCc3ccc([N+](=O)[O-])cc3)c(OC)c2)C2=C1CC(C)(C)CC2=O. The molecule has 0 bridgehead atoms. The number of ketones is 2. The predicted octanol–water partition coefficient (Wildman–Crippen LogP) is 7.67. The van der Waals surface area contributed by atoms with E-state index in [4.69, 9.17) is 14.2 Å². The number of rotatable bonds is 10. The van der Waals surface area contributed by atoms with Gasteiger partial charge in [-0.25, -0.2) is 0 Å². The molecule has 0 spiro atoms. The highest BCUT2D eigenvalue weighted by Gasteiger charge is 2.49. The van der Waals surface area contributed by atoms with Gasteiger partial charge in [-0.15, -0.1) is 0 Å². The van der Waals surface area contributed by atoms with Crippen molar-refractivity contribution < 1.29 is 28.7 Å². The van der Waals surface area contributed by atoms with Crippen LogP contribution in [-0.2, 0) is 20.9 Å². The lowest BCUT2D eigenvalue weighted by atomic mass is 9.63. The molecule has 0 amide bonds. The van der Waals surface area contributed by atoms with Gasteiger partial charge in [0.25, 0.3) is 5.69 Å². The standard InChI is InChI=1S/C35H41BrN2O7/c1-34(2)16-25-31(27(39)18-34)30(32-26(37(25)12-7-13-43-5)17-35(3,4)19-28(32)40)22-14-24(36)33(29(15-22)44-6)45-20-21-8-10-23(11-9-21)38(41)42/h8-11,14-15,30H,7,12-13,16-20H2,1-6H3. The summed E-state index contributed by atoms with van der Waals surface area (Å²) in [6, 6.07) is 9.99. The Hall–Kier alpha value is -3.50. The number of hydrogen-bond donors (Lipinski definition) is 0. The van der Waals surface area contributed by atoms with Crippen LogP contribution in [0.15, 0.2) is 63.4 Å². The van der Waals surface area contributed by atoms with E-state index in [1.165, 1.54) is 12.1 Å². The maximum atomic E-state index is 14.1. The van der Waals surface area contributed by atoms with Crippen molar-refractivity contribution in [2.24, 2.45) is 10.8 Å². The molecule has 0 atom stereocenters. The first-order chi connectivity index (χ1) is 21.2. The largest absolute Gasteiger partial charge is 0.493 e. The van der Waals surface area contributed by atoms with Crippen molar-refractivity contribution in [1.82, 2.24) is 4.90 Å². The average Bonchev–Trinajstić information content (AvgIpc) is 2.95. The van der Waals surface area contributed by atoms with Gasteiger partial charge < -0.3 is 19.1 Å². The molecule has 5 rings (SSSR count). The number of benzene rings is 2. The van der Waals surface area contributed by atoms with E-state index >= 15 is 0 Å². The van der Waals surface area contributed by atoms with E-state index in [0.717, 1.165) is 41.8 Å². The van der Waals surface area contributed by atoms with Crippen LogP contribution < -0.4 is 9.47 Å². The Morgan fingerprint density at radius 1 is 0.933 bits per heavy atom. The minimum atomic E-state index is -0.519. The molecule has 0 saturated heterocycles. The Morgan fingerprint density at radius 2 is 1.51 bits per heavy atom. The quantitative estimate of drug-likeness (QED) is 0.143. The lowest BCUT2D eigenvalue weighted by Gasteiger charge is -2.49. The van der Waals surface area contributed by atoms with Crippen LogP contribution in [0.4, 0.5) is 5.69 Å². The number of hydrogen-bond acceptors (Lipinski definition) is 8. The van der Waals surface area contributed by atoms with Crippen LogP contribution >= 0.6 is 15.9 Å². The van der Waals surface area contributed by atoms with E-state index < -0.39 is 10.8 Å². The number of nitrogens with zero attached hydrogens (tertiary/aromatic N) is 2. The third-order valence-corrected chi connectivity index (χ3v) is 9.46. The van der Waals surface area contributed by atoms with Crippen LogP contribution in [0.3, 0.4) is 0 Å². The van der Waals surface area contributed by atoms with E-state index in [1.54, 1.807) is 26.4 Å². The van der Waals surface area contributed by atoms with Gasteiger partial charge in [0.1, 0.15) is 6.61 Å². The van der Waals surface area contributed by atoms with Crippen LogP contribution in [0, 0.1) is 20.9 Å². The molecule has 10 heteroatoms. The van der Waals surface area contributed by atoms with Crippen molar-refractivity contribution in [3.63, 3.8) is 0 Å². The molecule has 0 unspecified atom stereocenters. The second kappa shape index (κ2) is 12.7. The highest BCUT2D eigenvalue weighted by Crippen LogP contribution is 2.55. The topological polar surface area (TPSA) is 108 Å². The zero-order valence-electron chi connectivity index (χ0n) is 26.8. The summed E-state index contributed by atoms with van der Waals surface area (Å²) >= 11 is 3.69. The zero-order valence-corrected chi connectivity index (χ0v) is 28.4. The first-order valence-electron chi connectivity index (χ1n) is 15.3. The molecule has 0 aromatic heterocycles. The summed E-state index contributed by atoms with van der Waals surface area (Å²) < 4.78 is 18.0. The fraction of sp³-hybridized carbons (Fsp3) is 0.486. The van der Waals surface area contributed by atoms with Gasteiger partial charge in [0, 0.05) is 73.7 Å². The average molecular weight is 682 g/mol. The molecule has 0 radical (unpaired) electrons. The highest BCUT2D eigenvalue weighted by molar-refractivity contribution is 9.10. The van der Waals surface area contributed by atoms with Crippen LogP contribution in [0.1, 0.15) is 76.8 Å². The summed E-state index contributed by atoms with van der Waals surface area (Å²) in [6.07, 6.45) is 3.06. The van der Waals surface area contributed by atoms with E-state index in [-0.39, 0.29) is 34.7 Å². The van der Waals surface area contributed by atoms with Gasteiger partial charge in [0.2, 0.25) is 0 Å². The predicted molar refractivity (Wildman–Crippen MR) is 174 cm³/mol. The van der Waals surface area contributed by atoms with Crippen LogP contribution in [0.25, 0.3) is 0 Å². The smallest absolute Gasteiger partial charge is 0.269 e. The highest BCUT2D eigenvalue weighted by atomic mass is 79.9. The molecule has 0 N–H and O–H groups in total. The summed E-state index contributed by atoms with van der Waals surface area (Å²) in [7, 11) is 3.24.